The second-order valence-corrected chi connectivity index (χ2v) is 4.52. The minimum absolute atomic E-state index is 0.185. The topological polar surface area (TPSA) is 94.9 Å². The molecule has 0 bridgehead atoms. The Morgan fingerprint density at radius 2 is 2.21 bits per heavy atom. The zero-order chi connectivity index (χ0) is 13.8. The Morgan fingerprint density at radius 3 is 2.74 bits per heavy atom. The van der Waals surface area contributed by atoms with Crippen LogP contribution in [-0.4, -0.2) is 28.9 Å². The first-order valence-corrected chi connectivity index (χ1v) is 6.07. The van der Waals surface area contributed by atoms with Gasteiger partial charge in [0.15, 0.2) is 0 Å². The lowest BCUT2D eigenvalue weighted by Crippen LogP contribution is -2.45. The Bertz CT molecular complexity index is 529. The highest BCUT2D eigenvalue weighted by Gasteiger charge is 2.26. The fourth-order valence-corrected chi connectivity index (χ4v) is 1.48. The van der Waals surface area contributed by atoms with Crippen molar-refractivity contribution in [3.8, 4) is 6.07 Å². The monoisotopic (exact) mass is 258 g/mol. The van der Waals surface area contributed by atoms with Crippen molar-refractivity contribution < 1.29 is 9.59 Å². The van der Waals surface area contributed by atoms with Crippen LogP contribution in [0.1, 0.15) is 35.8 Å². The average Bonchev–Trinajstić information content (AvgIpc) is 3.22. The highest BCUT2D eigenvalue weighted by molar-refractivity contribution is 5.96. The van der Waals surface area contributed by atoms with E-state index in [0.717, 1.165) is 12.8 Å². The minimum Gasteiger partial charge on any atom is -0.352 e. The van der Waals surface area contributed by atoms with Gasteiger partial charge in [-0.2, -0.15) is 5.26 Å². The Balaban J connectivity index is 1.91. The third kappa shape index (κ3) is 3.52. The number of rotatable bonds is 4. The summed E-state index contributed by atoms with van der Waals surface area (Å²) in [4.78, 5) is 27.4. The first-order chi connectivity index (χ1) is 9.10. The summed E-state index contributed by atoms with van der Waals surface area (Å²) < 4.78 is 0. The van der Waals surface area contributed by atoms with E-state index >= 15 is 0 Å². The molecule has 1 heterocycles. The molecule has 0 aromatic carbocycles. The number of amides is 2. The fraction of sp³-hybridized carbons (Fsp3) is 0.385. The van der Waals surface area contributed by atoms with Crippen molar-refractivity contribution in [1.29, 1.82) is 5.26 Å². The van der Waals surface area contributed by atoms with E-state index in [-0.39, 0.29) is 17.6 Å². The van der Waals surface area contributed by atoms with E-state index in [2.05, 4.69) is 15.6 Å². The maximum atomic E-state index is 11.8. The lowest BCUT2D eigenvalue weighted by molar-refractivity contribution is -0.122. The Kier molecular flexibility index (Phi) is 3.76. The van der Waals surface area contributed by atoms with Crippen molar-refractivity contribution in [3.05, 3.63) is 29.6 Å². The van der Waals surface area contributed by atoms with E-state index in [9.17, 15) is 9.59 Å². The molecule has 1 aromatic heterocycles. The summed E-state index contributed by atoms with van der Waals surface area (Å²) in [6.45, 7) is 1.62. The molecular formula is C13H14N4O2. The molecule has 98 valence electrons. The highest BCUT2D eigenvalue weighted by atomic mass is 16.2. The molecule has 1 unspecified atom stereocenters. The fourth-order valence-electron chi connectivity index (χ4n) is 1.48. The van der Waals surface area contributed by atoms with Crippen LogP contribution in [0.4, 0.5) is 0 Å². The zero-order valence-corrected chi connectivity index (χ0v) is 10.5. The van der Waals surface area contributed by atoms with Gasteiger partial charge in [0.05, 0.1) is 5.56 Å². The molecular weight excluding hydrogens is 244 g/mol. The number of aromatic nitrogens is 1. The van der Waals surface area contributed by atoms with Gasteiger partial charge in [-0.3, -0.25) is 9.59 Å². The van der Waals surface area contributed by atoms with Gasteiger partial charge in [0.2, 0.25) is 5.91 Å². The maximum absolute atomic E-state index is 11.8. The standard InChI is InChI=1S/C13H14N4O2/c1-8(12(18)17-10-3-4-10)16-13(19)11-5-2-9(6-14)7-15-11/h2,5,7-8,10H,3-4H2,1H3,(H,16,19)(H,17,18). The average molecular weight is 258 g/mol. The van der Waals surface area contributed by atoms with Crippen molar-refractivity contribution in [3.63, 3.8) is 0 Å². The Labute approximate surface area is 110 Å². The largest absolute Gasteiger partial charge is 0.352 e. The van der Waals surface area contributed by atoms with Gasteiger partial charge in [0, 0.05) is 12.2 Å². The van der Waals surface area contributed by atoms with Crippen LogP contribution >= 0.6 is 0 Å². The number of nitrogens with one attached hydrogen (secondary N) is 2. The second kappa shape index (κ2) is 5.48. The van der Waals surface area contributed by atoms with E-state index in [1.165, 1.54) is 18.3 Å². The number of pyridine rings is 1. The summed E-state index contributed by atoms with van der Waals surface area (Å²) in [5.74, 6) is -0.618. The van der Waals surface area contributed by atoms with Crippen LogP contribution in [0.15, 0.2) is 18.3 Å². The molecule has 0 spiro atoms. The lowest BCUT2D eigenvalue weighted by atomic mass is 10.2. The predicted octanol–water partition coefficient (Wildman–Crippen LogP) is 0.350. The summed E-state index contributed by atoms with van der Waals surface area (Å²) >= 11 is 0. The molecule has 1 aliphatic rings. The summed E-state index contributed by atoms with van der Waals surface area (Å²) in [5, 5.41) is 14.0. The van der Waals surface area contributed by atoms with Crippen LogP contribution in [0, 0.1) is 11.3 Å². The number of carbonyl (C=O) groups is 2. The Hall–Kier alpha value is -2.42. The first kappa shape index (κ1) is 13.0. The van der Waals surface area contributed by atoms with Gasteiger partial charge in [-0.1, -0.05) is 0 Å². The number of hydrogen-bond donors (Lipinski definition) is 2. The smallest absolute Gasteiger partial charge is 0.270 e. The molecule has 1 saturated carbocycles. The van der Waals surface area contributed by atoms with Crippen LogP contribution in [-0.2, 0) is 4.79 Å². The zero-order valence-electron chi connectivity index (χ0n) is 10.5. The summed E-state index contributed by atoms with van der Waals surface area (Å²) in [6, 6.07) is 4.55. The van der Waals surface area contributed by atoms with Crippen molar-refractivity contribution in [2.24, 2.45) is 0 Å². The van der Waals surface area contributed by atoms with E-state index in [1.54, 1.807) is 6.92 Å². The van der Waals surface area contributed by atoms with E-state index in [0.29, 0.717) is 5.56 Å². The highest BCUT2D eigenvalue weighted by Crippen LogP contribution is 2.18. The number of carbonyl (C=O) groups excluding carboxylic acids is 2. The molecule has 0 radical (unpaired) electrons. The summed E-state index contributed by atoms with van der Waals surface area (Å²) in [7, 11) is 0. The minimum atomic E-state index is -0.606. The van der Waals surface area contributed by atoms with Crippen LogP contribution in [0.5, 0.6) is 0 Å². The van der Waals surface area contributed by atoms with Crippen LogP contribution in [0.2, 0.25) is 0 Å². The van der Waals surface area contributed by atoms with Crippen LogP contribution < -0.4 is 10.6 Å². The SMILES string of the molecule is CC(NC(=O)c1ccc(C#N)cn1)C(=O)NC1CC1. The second-order valence-electron chi connectivity index (χ2n) is 4.52. The normalized spacial score (nSPS) is 15.2. The molecule has 6 nitrogen and oxygen atoms in total. The van der Waals surface area contributed by atoms with Gasteiger partial charge < -0.3 is 10.6 Å². The number of hydrogen-bond acceptors (Lipinski definition) is 4. The van der Waals surface area contributed by atoms with Crippen molar-refractivity contribution in [2.75, 3.05) is 0 Å². The van der Waals surface area contributed by atoms with Gasteiger partial charge in [-0.05, 0) is 31.9 Å². The molecule has 2 N–H and O–H groups in total. The Morgan fingerprint density at radius 1 is 1.47 bits per heavy atom. The predicted molar refractivity (Wildman–Crippen MR) is 67.0 cm³/mol. The van der Waals surface area contributed by atoms with E-state index in [1.807, 2.05) is 6.07 Å². The van der Waals surface area contributed by atoms with Gasteiger partial charge in [-0.25, -0.2) is 4.98 Å². The van der Waals surface area contributed by atoms with Gasteiger partial charge >= 0.3 is 0 Å². The maximum Gasteiger partial charge on any atom is 0.270 e. The van der Waals surface area contributed by atoms with Crippen molar-refractivity contribution in [2.45, 2.75) is 31.8 Å². The van der Waals surface area contributed by atoms with Crippen LogP contribution in [0.25, 0.3) is 0 Å². The molecule has 1 fully saturated rings. The summed E-state index contributed by atoms with van der Waals surface area (Å²) in [6.07, 6.45) is 3.33. The first-order valence-electron chi connectivity index (χ1n) is 6.07. The number of nitrogens with zero attached hydrogens (tertiary/aromatic N) is 2. The van der Waals surface area contributed by atoms with Crippen LogP contribution in [0.3, 0.4) is 0 Å². The molecule has 1 aromatic rings. The lowest BCUT2D eigenvalue weighted by Gasteiger charge is -2.13. The molecule has 2 amide bonds. The van der Waals surface area contributed by atoms with Gasteiger partial charge in [0.25, 0.3) is 5.91 Å². The van der Waals surface area contributed by atoms with Gasteiger partial charge in [-0.15, -0.1) is 0 Å². The number of nitriles is 1. The molecule has 0 saturated heterocycles. The van der Waals surface area contributed by atoms with Crippen molar-refractivity contribution in [1.82, 2.24) is 15.6 Å². The van der Waals surface area contributed by atoms with Crippen molar-refractivity contribution >= 4 is 11.8 Å². The third-order valence-electron chi connectivity index (χ3n) is 2.79. The molecule has 2 rings (SSSR count). The molecule has 19 heavy (non-hydrogen) atoms. The molecule has 0 aliphatic heterocycles. The van der Waals surface area contributed by atoms with Gasteiger partial charge in [0.1, 0.15) is 17.8 Å². The summed E-state index contributed by atoms with van der Waals surface area (Å²) in [5.41, 5.74) is 0.571. The molecule has 1 aliphatic carbocycles. The quantitative estimate of drug-likeness (QED) is 0.814. The van der Waals surface area contributed by atoms with E-state index in [4.69, 9.17) is 5.26 Å². The van der Waals surface area contributed by atoms with E-state index < -0.39 is 11.9 Å². The molecule has 6 heteroatoms. The third-order valence-corrected chi connectivity index (χ3v) is 2.79. The molecule has 1 atom stereocenters.